The van der Waals surface area contributed by atoms with Gasteiger partial charge in [0.05, 0.1) is 46.8 Å². The summed E-state index contributed by atoms with van der Waals surface area (Å²) in [5, 5.41) is 17.4. The fourth-order valence-corrected chi connectivity index (χ4v) is 5.50. The monoisotopic (exact) mass is 494 g/mol. The molecule has 2 aliphatic heterocycles. The average molecular weight is 495 g/mol. The molecule has 4 heterocycles. The van der Waals surface area contributed by atoms with E-state index in [1.54, 1.807) is 13.3 Å². The van der Waals surface area contributed by atoms with E-state index in [-0.39, 0.29) is 5.91 Å². The lowest BCUT2D eigenvalue weighted by Crippen LogP contribution is -2.41. The number of amides is 1. The summed E-state index contributed by atoms with van der Waals surface area (Å²) in [5.41, 5.74) is 3.12. The van der Waals surface area contributed by atoms with Gasteiger partial charge in [-0.2, -0.15) is 0 Å². The van der Waals surface area contributed by atoms with Crippen molar-refractivity contribution < 1.29 is 14.6 Å². The molecule has 0 saturated carbocycles. The molecule has 2 aromatic heterocycles. The highest BCUT2D eigenvalue weighted by Gasteiger charge is 2.24. The molecule has 1 saturated heterocycles. The lowest BCUT2D eigenvalue weighted by atomic mass is 9.97. The molecule has 0 bridgehead atoms. The van der Waals surface area contributed by atoms with Gasteiger partial charge in [0.25, 0.3) is 0 Å². The highest BCUT2D eigenvalue weighted by molar-refractivity contribution is 8.00. The number of hydrogen-bond donors (Lipinski definition) is 3. The Hall–Kier alpha value is -2.79. The molecule has 9 nitrogen and oxygen atoms in total. The molecule has 1 aromatic carbocycles. The molecule has 1 fully saturated rings. The topological polar surface area (TPSA) is 113 Å². The second kappa shape index (κ2) is 10.9. The van der Waals surface area contributed by atoms with E-state index in [1.807, 2.05) is 30.3 Å². The normalized spacial score (nSPS) is 19.3. The molecular formula is C25H30N6O3S. The Labute approximate surface area is 208 Å². The summed E-state index contributed by atoms with van der Waals surface area (Å²) in [5.74, 6) is 2.05. The minimum Gasteiger partial charge on any atom is -0.480 e. The number of nitrogens with zero attached hydrogens (tertiary/aromatic N) is 4. The molecule has 0 spiro atoms. The van der Waals surface area contributed by atoms with Crippen LogP contribution in [0.25, 0.3) is 11.0 Å². The summed E-state index contributed by atoms with van der Waals surface area (Å²) < 4.78 is 5.23. The number of ether oxygens (including phenoxy) is 1. The summed E-state index contributed by atoms with van der Waals surface area (Å²) in [7, 11) is 1.56. The Kier molecular flexibility index (Phi) is 7.43. The van der Waals surface area contributed by atoms with Crippen LogP contribution in [0.4, 0.5) is 5.82 Å². The van der Waals surface area contributed by atoms with E-state index < -0.39 is 6.10 Å². The first-order chi connectivity index (χ1) is 17.1. The predicted molar refractivity (Wildman–Crippen MR) is 136 cm³/mol. The van der Waals surface area contributed by atoms with Gasteiger partial charge in [-0.15, -0.1) is 11.8 Å². The molecule has 1 amide bonds. The fourth-order valence-electron chi connectivity index (χ4n) is 4.74. The van der Waals surface area contributed by atoms with Crippen molar-refractivity contribution in [1.29, 1.82) is 0 Å². The molecule has 2 atom stereocenters. The molecule has 2 aliphatic rings. The number of anilines is 1. The van der Waals surface area contributed by atoms with Crippen LogP contribution in [0, 0.1) is 5.92 Å². The number of fused-ring (bicyclic) bond motifs is 2. The number of pyridine rings is 1. The number of rotatable bonds is 8. The van der Waals surface area contributed by atoms with Crippen LogP contribution in [0.1, 0.15) is 30.2 Å². The van der Waals surface area contributed by atoms with Crippen molar-refractivity contribution in [2.24, 2.45) is 5.92 Å². The zero-order chi connectivity index (χ0) is 24.2. The molecular weight excluding hydrogens is 464 g/mol. The average Bonchev–Trinajstić information content (AvgIpc) is 2.88. The second-order valence-corrected chi connectivity index (χ2v) is 10.0. The predicted octanol–water partition coefficient (Wildman–Crippen LogP) is 2.61. The summed E-state index contributed by atoms with van der Waals surface area (Å²) in [6, 6.07) is 9.76. The highest BCUT2D eigenvalue weighted by Crippen LogP contribution is 2.30. The van der Waals surface area contributed by atoms with Gasteiger partial charge >= 0.3 is 0 Å². The number of β-amino-alcohol motifs (C(OH)–C–C–N with tert-alkyl or cyclic N) is 1. The molecule has 10 heteroatoms. The Morgan fingerprint density at radius 2 is 2.23 bits per heavy atom. The van der Waals surface area contributed by atoms with Gasteiger partial charge in [-0.1, -0.05) is 12.1 Å². The van der Waals surface area contributed by atoms with Crippen LogP contribution in [0.5, 0.6) is 5.88 Å². The van der Waals surface area contributed by atoms with E-state index in [4.69, 9.17) is 4.74 Å². The molecule has 0 radical (unpaired) electrons. The largest absolute Gasteiger partial charge is 0.480 e. The van der Waals surface area contributed by atoms with Crippen LogP contribution in [0.2, 0.25) is 0 Å². The van der Waals surface area contributed by atoms with E-state index in [0.717, 1.165) is 54.1 Å². The minimum atomic E-state index is -0.653. The smallest absolute Gasteiger partial charge is 0.235 e. The molecule has 0 aliphatic carbocycles. The third-order valence-electron chi connectivity index (χ3n) is 6.46. The Balaban J connectivity index is 1.15. The third kappa shape index (κ3) is 5.72. The molecule has 3 N–H and O–H groups in total. The number of para-hydroxylation sites is 1. The number of carbonyl (C=O) groups excluding carboxylic acids is 1. The van der Waals surface area contributed by atoms with Gasteiger partial charge in [0.2, 0.25) is 11.8 Å². The first kappa shape index (κ1) is 23.9. The van der Waals surface area contributed by atoms with Crippen LogP contribution in [0.15, 0.2) is 41.4 Å². The van der Waals surface area contributed by atoms with E-state index in [2.05, 4.69) is 30.5 Å². The van der Waals surface area contributed by atoms with Crippen molar-refractivity contribution in [2.75, 3.05) is 44.4 Å². The number of thioether (sulfide) groups is 1. The SMILES string of the molecule is COc1cnc2cccc(C(O)CN3CCCC(CNCc4ccc5c(n4)NC(=O)CS5)C3)c2n1. The van der Waals surface area contributed by atoms with Gasteiger partial charge < -0.3 is 25.4 Å². The van der Waals surface area contributed by atoms with Crippen molar-refractivity contribution >= 4 is 34.5 Å². The van der Waals surface area contributed by atoms with Gasteiger partial charge in [0.1, 0.15) is 5.82 Å². The van der Waals surface area contributed by atoms with E-state index in [1.165, 1.54) is 11.8 Å². The van der Waals surface area contributed by atoms with Crippen molar-refractivity contribution in [1.82, 2.24) is 25.2 Å². The van der Waals surface area contributed by atoms with Crippen LogP contribution in [-0.4, -0.2) is 69.9 Å². The number of piperidine rings is 1. The quantitative estimate of drug-likeness (QED) is 0.435. The van der Waals surface area contributed by atoms with Crippen molar-refractivity contribution in [3.8, 4) is 5.88 Å². The zero-order valence-corrected chi connectivity index (χ0v) is 20.6. The van der Waals surface area contributed by atoms with E-state index >= 15 is 0 Å². The van der Waals surface area contributed by atoms with Crippen LogP contribution in [0.3, 0.4) is 0 Å². The number of carbonyl (C=O) groups is 1. The third-order valence-corrected chi connectivity index (χ3v) is 7.50. The standard InChI is InChI=1S/C25H30N6O3S/c1-34-23-12-27-19-6-2-5-18(24(19)30-23)20(32)14-31-9-3-4-16(13-31)10-26-11-17-7-8-21-25(28-17)29-22(33)15-35-21/h2,5-8,12,16,20,26,32H,3-4,9-11,13-15H2,1H3,(H,28,29,33). The molecule has 5 rings (SSSR count). The van der Waals surface area contributed by atoms with E-state index in [9.17, 15) is 9.90 Å². The fraction of sp³-hybridized carbons (Fsp3) is 0.440. The van der Waals surface area contributed by atoms with Gasteiger partial charge in [0, 0.05) is 25.2 Å². The highest BCUT2D eigenvalue weighted by atomic mass is 32.2. The van der Waals surface area contributed by atoms with Crippen LogP contribution >= 0.6 is 11.8 Å². The minimum absolute atomic E-state index is 0.000671. The zero-order valence-electron chi connectivity index (χ0n) is 19.7. The number of aromatic nitrogens is 3. The Morgan fingerprint density at radius 3 is 3.11 bits per heavy atom. The van der Waals surface area contributed by atoms with Crippen molar-refractivity contribution in [3.63, 3.8) is 0 Å². The van der Waals surface area contributed by atoms with Gasteiger partial charge in [-0.25, -0.2) is 15.0 Å². The molecule has 3 aromatic rings. The summed E-state index contributed by atoms with van der Waals surface area (Å²) in [6.07, 6.45) is 3.19. The lowest BCUT2D eigenvalue weighted by molar-refractivity contribution is -0.113. The van der Waals surface area contributed by atoms with Gasteiger partial charge in [0.15, 0.2) is 0 Å². The maximum absolute atomic E-state index is 11.6. The number of aliphatic hydroxyl groups excluding tert-OH is 1. The van der Waals surface area contributed by atoms with Crippen LogP contribution in [-0.2, 0) is 11.3 Å². The Bertz CT molecular complexity index is 1210. The number of hydrogen-bond acceptors (Lipinski definition) is 9. The lowest BCUT2D eigenvalue weighted by Gasteiger charge is -2.34. The molecule has 35 heavy (non-hydrogen) atoms. The number of aliphatic hydroxyl groups is 1. The van der Waals surface area contributed by atoms with Gasteiger partial charge in [-0.3, -0.25) is 4.79 Å². The number of likely N-dealkylation sites (tertiary alicyclic amines) is 1. The van der Waals surface area contributed by atoms with Gasteiger partial charge in [-0.05, 0) is 50.0 Å². The van der Waals surface area contributed by atoms with Crippen LogP contribution < -0.4 is 15.4 Å². The molecule has 184 valence electrons. The number of benzene rings is 1. The first-order valence-corrected chi connectivity index (χ1v) is 12.9. The van der Waals surface area contributed by atoms with E-state index in [0.29, 0.717) is 42.0 Å². The van der Waals surface area contributed by atoms with Crippen molar-refractivity contribution in [3.05, 3.63) is 47.8 Å². The maximum Gasteiger partial charge on any atom is 0.235 e. The summed E-state index contributed by atoms with van der Waals surface area (Å²) in [6.45, 7) is 3.98. The summed E-state index contributed by atoms with van der Waals surface area (Å²) in [4.78, 5) is 28.5. The van der Waals surface area contributed by atoms with Crippen molar-refractivity contribution in [2.45, 2.75) is 30.4 Å². The second-order valence-electron chi connectivity index (χ2n) is 9.03. The Morgan fingerprint density at radius 1 is 1.31 bits per heavy atom. The summed E-state index contributed by atoms with van der Waals surface area (Å²) >= 11 is 1.52. The number of methoxy groups -OCH3 is 1. The maximum atomic E-state index is 11.6. The number of nitrogens with one attached hydrogen (secondary N) is 2. The molecule has 2 unspecified atom stereocenters. The first-order valence-electron chi connectivity index (χ1n) is 11.9.